The van der Waals surface area contributed by atoms with Crippen molar-refractivity contribution in [2.75, 3.05) is 11.9 Å². The van der Waals surface area contributed by atoms with Crippen LogP contribution in [0.15, 0.2) is 71.8 Å². The number of nitrogens with zero attached hydrogens (tertiary/aromatic N) is 2. The van der Waals surface area contributed by atoms with Gasteiger partial charge in [-0.15, -0.1) is 0 Å². The summed E-state index contributed by atoms with van der Waals surface area (Å²) in [6, 6.07) is 13.0. The fourth-order valence-electron chi connectivity index (χ4n) is 4.00. The van der Waals surface area contributed by atoms with Crippen molar-refractivity contribution in [2.45, 2.75) is 24.7 Å². The Bertz CT molecular complexity index is 1350. The number of urea groups is 1. The minimum absolute atomic E-state index is 0.0188. The molecule has 3 aromatic carbocycles. The van der Waals surface area contributed by atoms with Crippen molar-refractivity contribution in [3.8, 4) is 0 Å². The number of amides is 2. The molecular formula is C25H17Cl2F6N3O. The van der Waals surface area contributed by atoms with Gasteiger partial charge in [-0.05, 0) is 61.0 Å². The van der Waals surface area contributed by atoms with E-state index in [1.165, 1.54) is 6.07 Å². The van der Waals surface area contributed by atoms with Crippen molar-refractivity contribution < 1.29 is 31.1 Å². The fraction of sp³-hybridized carbons (Fsp3) is 0.200. The molecule has 37 heavy (non-hydrogen) atoms. The van der Waals surface area contributed by atoms with Crippen molar-refractivity contribution in [3.05, 3.63) is 99.0 Å². The molecule has 3 aromatic rings. The molecule has 0 saturated carbocycles. The molecule has 1 N–H and O–H groups in total. The number of hydrogen-bond donors (Lipinski definition) is 1. The van der Waals surface area contributed by atoms with E-state index in [1.54, 1.807) is 31.2 Å². The zero-order valence-corrected chi connectivity index (χ0v) is 20.4. The van der Waals surface area contributed by atoms with E-state index in [-0.39, 0.29) is 23.5 Å². The summed E-state index contributed by atoms with van der Waals surface area (Å²) < 4.78 is 78.2. The van der Waals surface area contributed by atoms with Crippen molar-refractivity contribution in [2.24, 2.45) is 5.10 Å². The number of benzene rings is 3. The van der Waals surface area contributed by atoms with Gasteiger partial charge in [-0.3, -0.25) is 0 Å². The lowest BCUT2D eigenvalue weighted by Gasteiger charge is -2.27. The maximum atomic E-state index is 13.2. The summed E-state index contributed by atoms with van der Waals surface area (Å²) in [5.74, 6) is 0. The Balaban J connectivity index is 1.69. The van der Waals surface area contributed by atoms with Crippen LogP contribution in [0.1, 0.15) is 29.2 Å². The van der Waals surface area contributed by atoms with Gasteiger partial charge < -0.3 is 5.32 Å². The number of alkyl halides is 6. The first kappa shape index (κ1) is 26.8. The van der Waals surface area contributed by atoms with Gasteiger partial charge in [-0.2, -0.15) is 31.4 Å². The third kappa shape index (κ3) is 5.55. The summed E-state index contributed by atoms with van der Waals surface area (Å²) >= 11 is 11.9. The molecule has 0 spiro atoms. The van der Waals surface area contributed by atoms with E-state index >= 15 is 0 Å². The van der Waals surface area contributed by atoms with Gasteiger partial charge in [0.2, 0.25) is 0 Å². The molecule has 2 amide bonds. The molecule has 1 heterocycles. The molecule has 1 aliphatic rings. The van der Waals surface area contributed by atoms with Crippen LogP contribution >= 0.6 is 23.2 Å². The van der Waals surface area contributed by atoms with Gasteiger partial charge >= 0.3 is 18.4 Å². The molecule has 0 saturated heterocycles. The Labute approximate surface area is 217 Å². The smallest absolute Gasteiger partial charge is 0.306 e. The lowest BCUT2D eigenvalue weighted by Crippen LogP contribution is -2.38. The Kier molecular flexibility index (Phi) is 6.94. The van der Waals surface area contributed by atoms with Gasteiger partial charge in [0.25, 0.3) is 0 Å². The first-order valence-corrected chi connectivity index (χ1v) is 11.4. The van der Waals surface area contributed by atoms with Gasteiger partial charge in [0.05, 0.1) is 33.8 Å². The van der Waals surface area contributed by atoms with Crippen LogP contribution in [-0.4, -0.2) is 23.3 Å². The Morgan fingerprint density at radius 3 is 2.08 bits per heavy atom. The summed E-state index contributed by atoms with van der Waals surface area (Å²) in [6.45, 7) is 1.74. The third-order valence-electron chi connectivity index (χ3n) is 5.94. The van der Waals surface area contributed by atoms with Crippen LogP contribution in [-0.2, 0) is 17.8 Å². The van der Waals surface area contributed by atoms with E-state index in [4.69, 9.17) is 23.2 Å². The molecule has 0 aromatic heterocycles. The van der Waals surface area contributed by atoms with Crippen molar-refractivity contribution in [1.29, 1.82) is 0 Å². The molecule has 1 unspecified atom stereocenters. The highest BCUT2D eigenvalue weighted by atomic mass is 35.5. The van der Waals surface area contributed by atoms with Crippen LogP contribution < -0.4 is 5.32 Å². The van der Waals surface area contributed by atoms with Gasteiger partial charge in [-0.1, -0.05) is 41.4 Å². The minimum atomic E-state index is -4.65. The van der Waals surface area contributed by atoms with Crippen LogP contribution in [0.3, 0.4) is 0 Å². The van der Waals surface area contributed by atoms with E-state index < -0.39 is 39.9 Å². The summed E-state index contributed by atoms with van der Waals surface area (Å²) in [6.07, 6.45) is -9.18. The zero-order chi connectivity index (χ0) is 27.2. The van der Waals surface area contributed by atoms with Crippen molar-refractivity contribution >= 4 is 40.6 Å². The molecule has 4 nitrogen and oxygen atoms in total. The van der Waals surface area contributed by atoms with Gasteiger partial charge in [0, 0.05) is 16.3 Å². The van der Waals surface area contributed by atoms with Gasteiger partial charge in [0.1, 0.15) is 0 Å². The van der Waals surface area contributed by atoms with Crippen LogP contribution in [0.25, 0.3) is 0 Å². The van der Waals surface area contributed by atoms with Crippen molar-refractivity contribution in [1.82, 2.24) is 5.01 Å². The molecule has 1 atom stereocenters. The fourth-order valence-corrected chi connectivity index (χ4v) is 4.42. The molecule has 0 radical (unpaired) electrons. The number of halogens is 8. The molecule has 0 fully saturated rings. The highest BCUT2D eigenvalue weighted by Crippen LogP contribution is 2.39. The predicted octanol–water partition coefficient (Wildman–Crippen LogP) is 8.24. The van der Waals surface area contributed by atoms with Crippen LogP contribution in [0.4, 0.5) is 36.8 Å². The maximum absolute atomic E-state index is 13.2. The average molecular weight is 560 g/mol. The number of anilines is 1. The summed E-state index contributed by atoms with van der Waals surface area (Å²) in [5, 5.41) is 7.86. The molecule has 0 bridgehead atoms. The zero-order valence-electron chi connectivity index (χ0n) is 18.9. The second-order valence-electron chi connectivity index (χ2n) is 8.54. The highest BCUT2D eigenvalue weighted by Gasteiger charge is 2.43. The third-order valence-corrected chi connectivity index (χ3v) is 6.50. The SMILES string of the molecule is CC1(c2ccc(Cl)cc2)CN(C(=O)Nc2ccc(C(F)(F)F)cc2)N=C1c1ccc(C(F)(F)F)c(Cl)c1. The standard InChI is InChI=1S/C25H17Cl2F6N3O/c1-23(15-3-7-17(26)8-4-15)13-36(22(37)34-18-9-5-16(6-10-18)24(28,29)30)35-21(23)14-2-11-19(20(27)12-14)25(31,32)33/h2-12H,13H2,1H3,(H,34,37). The summed E-state index contributed by atoms with van der Waals surface area (Å²) in [5.41, 5.74) is -1.55. The van der Waals surface area contributed by atoms with E-state index in [0.29, 0.717) is 10.6 Å². The number of carbonyl (C=O) groups excluding carboxylic acids is 1. The van der Waals surface area contributed by atoms with E-state index in [9.17, 15) is 31.1 Å². The summed E-state index contributed by atoms with van der Waals surface area (Å²) in [4.78, 5) is 13.0. The average Bonchev–Trinajstić information content (AvgIpc) is 3.17. The molecule has 4 rings (SSSR count). The van der Waals surface area contributed by atoms with Crippen LogP contribution in [0.2, 0.25) is 10.0 Å². The molecule has 0 aliphatic carbocycles. The van der Waals surface area contributed by atoms with Gasteiger partial charge in [-0.25, -0.2) is 9.80 Å². The first-order valence-electron chi connectivity index (χ1n) is 10.7. The van der Waals surface area contributed by atoms with Crippen LogP contribution in [0, 0.1) is 0 Å². The molecule has 1 aliphatic heterocycles. The molecule has 194 valence electrons. The molecule has 12 heteroatoms. The highest BCUT2D eigenvalue weighted by molar-refractivity contribution is 6.32. The lowest BCUT2D eigenvalue weighted by molar-refractivity contribution is -0.138. The van der Waals surface area contributed by atoms with Crippen molar-refractivity contribution in [3.63, 3.8) is 0 Å². The Morgan fingerprint density at radius 1 is 0.919 bits per heavy atom. The minimum Gasteiger partial charge on any atom is -0.306 e. The normalized spacial score (nSPS) is 18.1. The number of hydrazone groups is 1. The first-order chi connectivity index (χ1) is 17.2. The Morgan fingerprint density at radius 2 is 1.54 bits per heavy atom. The molecular weight excluding hydrogens is 543 g/mol. The largest absolute Gasteiger partial charge is 0.417 e. The van der Waals surface area contributed by atoms with E-state index in [1.807, 2.05) is 0 Å². The second-order valence-corrected chi connectivity index (χ2v) is 9.39. The Hall–Kier alpha value is -3.24. The van der Waals surface area contributed by atoms with E-state index in [2.05, 4.69) is 10.4 Å². The lowest BCUT2D eigenvalue weighted by atomic mass is 9.76. The number of hydrogen-bond acceptors (Lipinski definition) is 2. The number of carbonyl (C=O) groups is 1. The van der Waals surface area contributed by atoms with Gasteiger partial charge in [0.15, 0.2) is 0 Å². The number of rotatable bonds is 3. The second kappa shape index (κ2) is 9.57. The maximum Gasteiger partial charge on any atom is 0.417 e. The predicted molar refractivity (Wildman–Crippen MR) is 129 cm³/mol. The summed E-state index contributed by atoms with van der Waals surface area (Å²) in [7, 11) is 0. The monoisotopic (exact) mass is 559 g/mol. The number of nitrogens with one attached hydrogen (secondary N) is 1. The van der Waals surface area contributed by atoms with E-state index in [0.717, 1.165) is 41.4 Å². The quantitative estimate of drug-likeness (QED) is 0.322. The van der Waals surface area contributed by atoms with Crippen LogP contribution in [0.5, 0.6) is 0 Å². The topological polar surface area (TPSA) is 44.7 Å².